The van der Waals surface area contributed by atoms with Gasteiger partial charge in [0.1, 0.15) is 6.61 Å². The normalized spacial score (nSPS) is 12.0. The van der Waals surface area contributed by atoms with Gasteiger partial charge in [0.05, 0.1) is 6.54 Å². The Balaban J connectivity index is 3.19. The van der Waals surface area contributed by atoms with E-state index in [1.165, 1.54) is 0 Å². The molecule has 0 rings (SSSR count). The minimum atomic E-state index is -2.86. The first-order chi connectivity index (χ1) is 5.62. The Bertz CT molecular complexity index is 114. The van der Waals surface area contributed by atoms with Gasteiger partial charge in [-0.3, -0.25) is 0 Å². The second kappa shape index (κ2) is 6.62. The molecule has 0 saturated heterocycles. The Morgan fingerprint density at radius 3 is 2.67 bits per heavy atom. The van der Waals surface area contributed by atoms with Crippen LogP contribution in [0.2, 0.25) is 0 Å². The summed E-state index contributed by atoms with van der Waals surface area (Å²) in [6.07, 6.45) is 2.77. The summed E-state index contributed by atoms with van der Waals surface area (Å²) in [4.78, 5) is 0. The Kier molecular flexibility index (Phi) is 6.70. The summed E-state index contributed by atoms with van der Waals surface area (Å²) in [5.41, 5.74) is 4.81. The third kappa shape index (κ3) is 6.82. The molecular formula is C7H15F2NOS. The first-order valence-electron chi connectivity index (χ1n) is 3.77. The quantitative estimate of drug-likeness (QED) is 0.629. The number of nitrogens with two attached hydrogens (primary N) is 1. The minimum absolute atomic E-state index is 0.385. The molecule has 12 heavy (non-hydrogen) atoms. The molecule has 0 radical (unpaired) electrons. The van der Waals surface area contributed by atoms with Gasteiger partial charge in [0.2, 0.25) is 0 Å². The molecule has 0 aliphatic rings. The molecule has 0 heterocycles. The fourth-order valence-electron chi connectivity index (χ4n) is 0.586. The molecule has 0 spiro atoms. The van der Waals surface area contributed by atoms with Crippen molar-refractivity contribution in [2.24, 2.45) is 5.73 Å². The molecule has 0 aromatic heterocycles. The first kappa shape index (κ1) is 12.1. The lowest BCUT2D eigenvalue weighted by molar-refractivity contribution is -0.0689. The zero-order chi connectivity index (χ0) is 9.45. The molecule has 5 heteroatoms. The fourth-order valence-corrected chi connectivity index (χ4v) is 0.992. The van der Waals surface area contributed by atoms with E-state index in [0.29, 0.717) is 6.61 Å². The standard InChI is InChI=1S/C7H15F2NOS/c1-12-4-2-3-11-6-7(8,9)5-10/h2-6,10H2,1H3. The van der Waals surface area contributed by atoms with E-state index in [9.17, 15) is 8.78 Å². The third-order valence-electron chi connectivity index (χ3n) is 1.25. The van der Waals surface area contributed by atoms with Crippen molar-refractivity contribution in [1.82, 2.24) is 0 Å². The molecule has 0 aromatic rings. The molecule has 0 aromatic carbocycles. The maximum atomic E-state index is 12.4. The van der Waals surface area contributed by atoms with Gasteiger partial charge in [0.15, 0.2) is 0 Å². The monoisotopic (exact) mass is 199 g/mol. The van der Waals surface area contributed by atoms with Gasteiger partial charge in [-0.2, -0.15) is 11.8 Å². The summed E-state index contributed by atoms with van der Waals surface area (Å²) in [6, 6.07) is 0. The lowest BCUT2D eigenvalue weighted by Gasteiger charge is -2.13. The highest BCUT2D eigenvalue weighted by atomic mass is 32.2. The van der Waals surface area contributed by atoms with Crippen molar-refractivity contribution >= 4 is 11.8 Å². The van der Waals surface area contributed by atoms with Crippen molar-refractivity contribution in [2.75, 3.05) is 31.8 Å². The van der Waals surface area contributed by atoms with Gasteiger partial charge in [0.25, 0.3) is 5.92 Å². The zero-order valence-electron chi connectivity index (χ0n) is 7.19. The molecule has 0 bridgehead atoms. The number of halogens is 2. The smallest absolute Gasteiger partial charge is 0.282 e. The molecule has 0 saturated carbocycles. The van der Waals surface area contributed by atoms with E-state index in [4.69, 9.17) is 10.5 Å². The van der Waals surface area contributed by atoms with Crippen LogP contribution in [-0.2, 0) is 4.74 Å². The van der Waals surface area contributed by atoms with E-state index in [2.05, 4.69) is 0 Å². The Morgan fingerprint density at radius 2 is 2.17 bits per heavy atom. The Morgan fingerprint density at radius 1 is 1.50 bits per heavy atom. The van der Waals surface area contributed by atoms with Crippen LogP contribution >= 0.6 is 11.8 Å². The van der Waals surface area contributed by atoms with Crippen LogP contribution in [0.3, 0.4) is 0 Å². The number of hydrogen-bond acceptors (Lipinski definition) is 3. The molecule has 0 amide bonds. The fraction of sp³-hybridized carbons (Fsp3) is 1.00. The van der Waals surface area contributed by atoms with Gasteiger partial charge < -0.3 is 10.5 Å². The molecule has 2 N–H and O–H groups in total. The predicted octanol–water partition coefficient (Wildman–Crippen LogP) is 1.35. The van der Waals surface area contributed by atoms with Crippen LogP contribution in [0.1, 0.15) is 6.42 Å². The molecule has 0 aliphatic carbocycles. The van der Waals surface area contributed by atoms with Crippen molar-refractivity contribution in [3.63, 3.8) is 0 Å². The highest BCUT2D eigenvalue weighted by Crippen LogP contribution is 2.11. The lowest BCUT2D eigenvalue weighted by Crippen LogP contribution is -2.33. The third-order valence-corrected chi connectivity index (χ3v) is 1.95. The Hall–Kier alpha value is 0.130. The van der Waals surface area contributed by atoms with Crippen LogP contribution in [0.4, 0.5) is 8.78 Å². The highest BCUT2D eigenvalue weighted by Gasteiger charge is 2.26. The largest absolute Gasteiger partial charge is 0.375 e. The van der Waals surface area contributed by atoms with Crippen molar-refractivity contribution in [3.05, 3.63) is 0 Å². The van der Waals surface area contributed by atoms with Crippen molar-refractivity contribution in [1.29, 1.82) is 0 Å². The average molecular weight is 199 g/mol. The first-order valence-corrected chi connectivity index (χ1v) is 5.16. The van der Waals surface area contributed by atoms with Crippen LogP contribution in [0.5, 0.6) is 0 Å². The van der Waals surface area contributed by atoms with Crippen LogP contribution in [-0.4, -0.2) is 37.7 Å². The SMILES string of the molecule is CSCCCOCC(F)(F)CN. The van der Waals surface area contributed by atoms with E-state index >= 15 is 0 Å². The molecule has 0 atom stereocenters. The zero-order valence-corrected chi connectivity index (χ0v) is 8.00. The predicted molar refractivity (Wildman–Crippen MR) is 47.8 cm³/mol. The number of alkyl halides is 2. The number of thioether (sulfide) groups is 1. The maximum absolute atomic E-state index is 12.4. The lowest BCUT2D eigenvalue weighted by atomic mass is 10.4. The van der Waals surface area contributed by atoms with Gasteiger partial charge in [-0.05, 0) is 18.4 Å². The summed E-state index contributed by atoms with van der Waals surface area (Å²) in [5, 5.41) is 0. The van der Waals surface area contributed by atoms with Crippen molar-refractivity contribution in [2.45, 2.75) is 12.3 Å². The summed E-state index contributed by atoms with van der Waals surface area (Å²) >= 11 is 1.67. The van der Waals surface area contributed by atoms with Gasteiger partial charge >= 0.3 is 0 Å². The molecule has 74 valence electrons. The van der Waals surface area contributed by atoms with Gasteiger partial charge in [-0.1, -0.05) is 0 Å². The number of ether oxygens (including phenoxy) is 1. The summed E-state index contributed by atoms with van der Waals surface area (Å²) in [5.74, 6) is -1.92. The highest BCUT2D eigenvalue weighted by molar-refractivity contribution is 7.98. The van der Waals surface area contributed by atoms with Gasteiger partial charge in [0, 0.05) is 6.61 Å². The molecule has 2 nitrogen and oxygen atoms in total. The maximum Gasteiger partial charge on any atom is 0.282 e. The Labute approximate surface area is 75.8 Å². The van der Waals surface area contributed by atoms with E-state index in [0.717, 1.165) is 12.2 Å². The van der Waals surface area contributed by atoms with E-state index < -0.39 is 19.1 Å². The van der Waals surface area contributed by atoms with Crippen LogP contribution in [0, 0.1) is 0 Å². The van der Waals surface area contributed by atoms with Crippen molar-refractivity contribution in [3.8, 4) is 0 Å². The molecule has 0 aliphatic heterocycles. The minimum Gasteiger partial charge on any atom is -0.375 e. The van der Waals surface area contributed by atoms with Gasteiger partial charge in [-0.15, -0.1) is 0 Å². The van der Waals surface area contributed by atoms with Crippen molar-refractivity contribution < 1.29 is 13.5 Å². The second-order valence-corrected chi connectivity index (χ2v) is 3.44. The van der Waals surface area contributed by atoms with Crippen LogP contribution in [0.15, 0.2) is 0 Å². The molecular weight excluding hydrogens is 184 g/mol. The van der Waals surface area contributed by atoms with E-state index in [1.54, 1.807) is 11.8 Å². The average Bonchev–Trinajstić information content (AvgIpc) is 2.04. The molecule has 0 fully saturated rings. The second-order valence-electron chi connectivity index (χ2n) is 2.46. The number of hydrogen-bond donors (Lipinski definition) is 1. The number of rotatable bonds is 7. The molecule has 0 unspecified atom stereocenters. The van der Waals surface area contributed by atoms with Crippen LogP contribution in [0.25, 0.3) is 0 Å². The summed E-state index contributed by atoms with van der Waals surface area (Å²) in [6.45, 7) is -0.816. The van der Waals surface area contributed by atoms with E-state index in [1.807, 2.05) is 6.26 Å². The van der Waals surface area contributed by atoms with Crippen LogP contribution < -0.4 is 5.73 Å². The topological polar surface area (TPSA) is 35.2 Å². The van der Waals surface area contributed by atoms with Gasteiger partial charge in [-0.25, -0.2) is 8.78 Å². The summed E-state index contributed by atoms with van der Waals surface area (Å²) < 4.78 is 29.6. The van der Waals surface area contributed by atoms with E-state index in [-0.39, 0.29) is 0 Å². The summed E-state index contributed by atoms with van der Waals surface area (Å²) in [7, 11) is 0.